The highest BCUT2D eigenvalue weighted by Gasteiger charge is 2.10. The van der Waals surface area contributed by atoms with Crippen LogP contribution in [0.5, 0.6) is 0 Å². The summed E-state index contributed by atoms with van der Waals surface area (Å²) in [7, 11) is 0. The third kappa shape index (κ3) is 1.84. The zero-order valence-corrected chi connectivity index (χ0v) is 10.2. The molecule has 0 aliphatic heterocycles. The fraction of sp³-hybridized carbons (Fsp3) is 0. The van der Waals surface area contributed by atoms with Crippen LogP contribution in [0.25, 0.3) is 22.2 Å². The highest BCUT2D eigenvalue weighted by Crippen LogP contribution is 2.27. The summed E-state index contributed by atoms with van der Waals surface area (Å²) in [5.74, 6) is -0.0226. The predicted molar refractivity (Wildman–Crippen MR) is 72.5 cm³/mol. The minimum Gasteiger partial charge on any atom is -0.305 e. The van der Waals surface area contributed by atoms with Gasteiger partial charge in [-0.2, -0.15) is 5.26 Å². The van der Waals surface area contributed by atoms with E-state index in [1.54, 1.807) is 36.4 Å². The Balaban J connectivity index is 2.31. The van der Waals surface area contributed by atoms with Gasteiger partial charge in [-0.3, -0.25) is 4.79 Å². The van der Waals surface area contributed by atoms with Crippen LogP contribution in [0, 0.1) is 17.1 Å². The van der Waals surface area contributed by atoms with Gasteiger partial charge in [0.05, 0.1) is 6.20 Å². The minimum atomic E-state index is -0.508. The van der Waals surface area contributed by atoms with Crippen molar-refractivity contribution in [3.8, 4) is 17.5 Å². The highest BCUT2D eigenvalue weighted by molar-refractivity contribution is 5.95. The summed E-state index contributed by atoms with van der Waals surface area (Å²) in [6.07, 6.45) is 1.21. The number of nitriles is 1. The zero-order chi connectivity index (χ0) is 14.1. The first-order valence-corrected chi connectivity index (χ1v) is 5.88. The number of nitrogens with zero attached hydrogens (tertiary/aromatic N) is 2. The van der Waals surface area contributed by atoms with Crippen molar-refractivity contribution in [3.05, 3.63) is 64.3 Å². The van der Waals surface area contributed by atoms with Gasteiger partial charge in [0.15, 0.2) is 0 Å². The molecule has 0 bridgehead atoms. The van der Waals surface area contributed by atoms with Crippen LogP contribution < -0.4 is 5.56 Å². The minimum absolute atomic E-state index is 0.0554. The second-order valence-electron chi connectivity index (χ2n) is 4.23. The SMILES string of the molecule is N#Cc1cnc(-c2ccc(F)c3ccccc23)[nH]c1=O. The lowest BCUT2D eigenvalue weighted by atomic mass is 10.0. The third-order valence-electron chi connectivity index (χ3n) is 3.05. The van der Waals surface area contributed by atoms with Gasteiger partial charge in [-0.25, -0.2) is 9.37 Å². The van der Waals surface area contributed by atoms with Crippen molar-refractivity contribution >= 4 is 10.8 Å². The van der Waals surface area contributed by atoms with Crippen molar-refractivity contribution < 1.29 is 4.39 Å². The largest absolute Gasteiger partial charge is 0.305 e. The van der Waals surface area contributed by atoms with E-state index in [0.717, 1.165) is 0 Å². The quantitative estimate of drug-likeness (QED) is 0.735. The van der Waals surface area contributed by atoms with E-state index in [9.17, 15) is 9.18 Å². The van der Waals surface area contributed by atoms with E-state index in [4.69, 9.17) is 5.26 Å². The number of nitrogens with one attached hydrogen (secondary N) is 1. The predicted octanol–water partition coefficient (Wildman–Crippen LogP) is 2.60. The maximum Gasteiger partial charge on any atom is 0.269 e. The molecule has 4 nitrogen and oxygen atoms in total. The van der Waals surface area contributed by atoms with Crippen molar-refractivity contribution in [3.63, 3.8) is 0 Å². The first-order valence-electron chi connectivity index (χ1n) is 5.88. The number of hydrogen-bond acceptors (Lipinski definition) is 3. The summed E-state index contributed by atoms with van der Waals surface area (Å²) in [5.41, 5.74) is 0.0506. The average molecular weight is 265 g/mol. The van der Waals surface area contributed by atoms with Crippen molar-refractivity contribution in [2.45, 2.75) is 0 Å². The van der Waals surface area contributed by atoms with Gasteiger partial charge in [0, 0.05) is 10.9 Å². The van der Waals surface area contributed by atoms with Crippen molar-refractivity contribution in [2.24, 2.45) is 0 Å². The number of hydrogen-bond donors (Lipinski definition) is 1. The van der Waals surface area contributed by atoms with Crippen LogP contribution >= 0.6 is 0 Å². The van der Waals surface area contributed by atoms with Crippen LogP contribution in [-0.2, 0) is 0 Å². The Bertz CT molecular complexity index is 909. The Morgan fingerprint density at radius 2 is 1.90 bits per heavy atom. The molecule has 1 heterocycles. The van der Waals surface area contributed by atoms with E-state index < -0.39 is 5.56 Å². The standard InChI is InChI=1S/C15H8FN3O/c16-13-6-5-12(10-3-1-2-4-11(10)13)14-18-8-9(7-17)15(20)19-14/h1-6,8H,(H,18,19,20). The number of rotatable bonds is 1. The van der Waals surface area contributed by atoms with Gasteiger partial charge in [0.2, 0.25) is 0 Å². The van der Waals surface area contributed by atoms with E-state index in [-0.39, 0.29) is 11.4 Å². The Kier molecular flexibility index (Phi) is 2.77. The lowest BCUT2D eigenvalue weighted by molar-refractivity contribution is 0.640. The Morgan fingerprint density at radius 3 is 2.60 bits per heavy atom. The topological polar surface area (TPSA) is 69.5 Å². The van der Waals surface area contributed by atoms with E-state index in [1.807, 2.05) is 0 Å². The summed E-state index contributed by atoms with van der Waals surface area (Å²) >= 11 is 0. The van der Waals surface area contributed by atoms with Crippen LogP contribution in [0.1, 0.15) is 5.56 Å². The molecule has 0 aliphatic carbocycles. The highest BCUT2D eigenvalue weighted by atomic mass is 19.1. The third-order valence-corrected chi connectivity index (χ3v) is 3.05. The molecule has 3 rings (SSSR count). The van der Waals surface area contributed by atoms with E-state index in [0.29, 0.717) is 22.2 Å². The summed E-state index contributed by atoms with van der Waals surface area (Å²) in [6.45, 7) is 0. The first-order chi connectivity index (χ1) is 9.70. The number of fused-ring (bicyclic) bond motifs is 1. The molecule has 0 saturated carbocycles. The van der Waals surface area contributed by atoms with Gasteiger partial charge in [-0.1, -0.05) is 24.3 Å². The van der Waals surface area contributed by atoms with E-state index in [2.05, 4.69) is 9.97 Å². The molecular weight excluding hydrogens is 257 g/mol. The molecule has 2 aromatic carbocycles. The molecule has 0 atom stereocenters. The summed E-state index contributed by atoms with van der Waals surface area (Å²) in [5, 5.41) is 9.84. The smallest absolute Gasteiger partial charge is 0.269 e. The van der Waals surface area contributed by atoms with Crippen LogP contribution in [0.3, 0.4) is 0 Å². The molecule has 0 radical (unpaired) electrons. The molecule has 5 heteroatoms. The van der Waals surface area contributed by atoms with E-state index >= 15 is 0 Å². The molecule has 0 amide bonds. The second-order valence-corrected chi connectivity index (χ2v) is 4.23. The molecular formula is C15H8FN3O. The number of aromatic nitrogens is 2. The van der Waals surface area contributed by atoms with Crippen molar-refractivity contribution in [1.29, 1.82) is 5.26 Å². The number of aromatic amines is 1. The fourth-order valence-electron chi connectivity index (χ4n) is 2.08. The van der Waals surface area contributed by atoms with E-state index in [1.165, 1.54) is 12.3 Å². The van der Waals surface area contributed by atoms with Gasteiger partial charge in [0.1, 0.15) is 23.3 Å². The molecule has 0 fully saturated rings. The van der Waals surface area contributed by atoms with Crippen LogP contribution in [-0.4, -0.2) is 9.97 Å². The zero-order valence-electron chi connectivity index (χ0n) is 10.2. The Hall–Kier alpha value is -3.00. The summed E-state index contributed by atoms with van der Waals surface area (Å²) < 4.78 is 13.7. The molecule has 20 heavy (non-hydrogen) atoms. The van der Waals surface area contributed by atoms with Gasteiger partial charge in [-0.05, 0) is 17.5 Å². The van der Waals surface area contributed by atoms with Crippen LogP contribution in [0.15, 0.2) is 47.4 Å². The molecule has 3 aromatic rings. The molecule has 1 N–H and O–H groups in total. The molecule has 0 saturated heterocycles. The monoisotopic (exact) mass is 265 g/mol. The number of H-pyrrole nitrogens is 1. The summed E-state index contributed by atoms with van der Waals surface area (Å²) in [4.78, 5) is 18.3. The summed E-state index contributed by atoms with van der Waals surface area (Å²) in [6, 6.07) is 11.6. The Morgan fingerprint density at radius 1 is 1.15 bits per heavy atom. The maximum absolute atomic E-state index is 13.7. The maximum atomic E-state index is 13.7. The number of benzene rings is 2. The lowest BCUT2D eigenvalue weighted by Gasteiger charge is -2.06. The normalized spacial score (nSPS) is 10.4. The molecule has 0 unspecified atom stereocenters. The fourth-order valence-corrected chi connectivity index (χ4v) is 2.08. The molecule has 0 spiro atoms. The van der Waals surface area contributed by atoms with Gasteiger partial charge >= 0.3 is 0 Å². The molecule has 1 aromatic heterocycles. The molecule has 96 valence electrons. The van der Waals surface area contributed by atoms with Gasteiger partial charge < -0.3 is 4.98 Å². The number of halogens is 1. The van der Waals surface area contributed by atoms with Crippen LogP contribution in [0.2, 0.25) is 0 Å². The van der Waals surface area contributed by atoms with Gasteiger partial charge in [0.25, 0.3) is 5.56 Å². The Labute approximate surface area is 113 Å². The lowest BCUT2D eigenvalue weighted by Crippen LogP contribution is -2.12. The molecule has 0 aliphatic rings. The second kappa shape index (κ2) is 4.59. The average Bonchev–Trinajstić information content (AvgIpc) is 2.48. The van der Waals surface area contributed by atoms with Crippen molar-refractivity contribution in [2.75, 3.05) is 0 Å². The first kappa shape index (κ1) is 12.1. The van der Waals surface area contributed by atoms with Crippen molar-refractivity contribution in [1.82, 2.24) is 9.97 Å². The van der Waals surface area contributed by atoms with Gasteiger partial charge in [-0.15, -0.1) is 0 Å². The van der Waals surface area contributed by atoms with Crippen LogP contribution in [0.4, 0.5) is 4.39 Å².